The molecule has 68 heavy (non-hydrogen) atoms. The van der Waals surface area contributed by atoms with Crippen LogP contribution in [0.25, 0.3) is 0 Å². The van der Waals surface area contributed by atoms with Gasteiger partial charge in [-0.2, -0.15) is 0 Å². The number of allylic oxidation sites excluding steroid dienone is 1. The highest BCUT2D eigenvalue weighted by Gasteiger charge is 2.66. The summed E-state index contributed by atoms with van der Waals surface area (Å²) < 4.78 is 26.3. The van der Waals surface area contributed by atoms with E-state index in [9.17, 15) is 24.9 Å². The molecule has 3 aliphatic carbocycles. The van der Waals surface area contributed by atoms with E-state index in [0.29, 0.717) is 36.6 Å². The van der Waals surface area contributed by atoms with Gasteiger partial charge in [0.1, 0.15) is 24.1 Å². The van der Waals surface area contributed by atoms with Gasteiger partial charge in [-0.3, -0.25) is 4.79 Å². The van der Waals surface area contributed by atoms with Crippen LogP contribution in [0.2, 0.25) is 0 Å². The van der Waals surface area contributed by atoms with Gasteiger partial charge in [0, 0.05) is 50.1 Å². The van der Waals surface area contributed by atoms with Crippen LogP contribution in [-0.2, 0) is 25.7 Å². The smallest absolute Gasteiger partial charge is 0.412 e. The summed E-state index contributed by atoms with van der Waals surface area (Å²) in [5.41, 5.74) is 3.47. The van der Waals surface area contributed by atoms with Crippen molar-refractivity contribution in [2.24, 2.45) is 28.8 Å². The van der Waals surface area contributed by atoms with Crippen LogP contribution in [0.3, 0.4) is 0 Å². The fraction of sp³-hybridized carbons (Fsp3) is 0.655. The first-order valence-electron chi connectivity index (χ1n) is 26.1. The first kappa shape index (κ1) is 53.1. The van der Waals surface area contributed by atoms with Crippen molar-refractivity contribution in [3.05, 3.63) is 84.0 Å². The second kappa shape index (κ2) is 28.4. The normalized spacial score (nSPS) is 23.2. The van der Waals surface area contributed by atoms with Crippen LogP contribution < -0.4 is 14.8 Å². The molecule has 6 rings (SSSR count). The van der Waals surface area contributed by atoms with Crippen LogP contribution in [0.4, 0.5) is 4.79 Å². The summed E-state index contributed by atoms with van der Waals surface area (Å²) in [6, 6.07) is 14.8. The molecule has 2 aromatic rings. The molecule has 2 saturated carbocycles. The number of carbonyl (C=O) groups is 2. The number of oxime groups is 1. The maximum atomic E-state index is 14.6. The standard InChI is InChI=1S/C55H81N3O10/c1-3-5-6-7-8-9-10-11-12-18-29-56-54(63)67-44-27-28-49-47(38-44)51-45(24-17-20-32-60)43(23-16-19-31-59)37-46-48(57-66-40-41-21-14-13-15-22-41)39-50(55(68-49,52(46)51)65-34-4-2)58(30-35-64-36-33-61)53(62)42-25-26-42/h4,13-15,21-22,27-28,37-38,42-43,45,50-52,59-61H,2-3,5-12,16-20,23-26,29-36,39-40H2,1H3,(H,56,63)/t43-,45+,50-,51+,52+,55+/m0/s1. The maximum absolute atomic E-state index is 14.6. The number of unbranched alkanes of at least 4 members (excludes halogenated alkanes) is 11. The third-order valence-corrected chi connectivity index (χ3v) is 14.2. The molecule has 0 radical (unpaired) electrons. The lowest BCUT2D eigenvalue weighted by atomic mass is 9.55. The van der Waals surface area contributed by atoms with Gasteiger partial charge in [-0.05, 0) is 86.1 Å². The van der Waals surface area contributed by atoms with E-state index in [1.807, 2.05) is 47.4 Å². The number of carbonyl (C=O) groups excluding carboxylic acids is 2. The molecule has 13 nitrogen and oxygen atoms in total. The Labute approximate surface area is 405 Å². The van der Waals surface area contributed by atoms with Crippen molar-refractivity contribution in [3.8, 4) is 11.5 Å². The van der Waals surface area contributed by atoms with E-state index in [4.69, 9.17) is 28.9 Å². The van der Waals surface area contributed by atoms with Crippen LogP contribution in [-0.4, -0.2) is 102 Å². The van der Waals surface area contributed by atoms with Crippen LogP contribution >= 0.6 is 0 Å². The predicted molar refractivity (Wildman–Crippen MR) is 264 cm³/mol. The number of hydrogen-bond acceptors (Lipinski definition) is 11. The van der Waals surface area contributed by atoms with Gasteiger partial charge in [0.05, 0.1) is 38.1 Å². The Hall–Kier alpha value is -4.27. The monoisotopic (exact) mass is 944 g/mol. The average molecular weight is 944 g/mol. The molecule has 4 aliphatic rings. The number of nitrogens with zero attached hydrogens (tertiary/aromatic N) is 2. The van der Waals surface area contributed by atoms with Crippen molar-refractivity contribution in [1.82, 2.24) is 10.2 Å². The zero-order valence-corrected chi connectivity index (χ0v) is 40.8. The SMILES string of the molecule is C=CCO[C@@]12Oc3ccc(OC(=O)NCCCCCCCCCCCC)cc3[C@H]3[C@H](CCCCO)[C@@H](CCCCO)C=C(C(=NOCc4ccccc4)C[C@@H]1N(CCOCCO)C(=O)C1CC1)[C@H]32. The number of rotatable bonds is 33. The van der Waals surface area contributed by atoms with Gasteiger partial charge in [-0.25, -0.2) is 4.79 Å². The second-order valence-corrected chi connectivity index (χ2v) is 19.2. The predicted octanol–water partition coefficient (Wildman–Crippen LogP) is 9.78. The number of ether oxygens (including phenoxy) is 4. The quantitative estimate of drug-likeness (QED) is 0.0307. The molecule has 1 heterocycles. The lowest BCUT2D eigenvalue weighted by Crippen LogP contribution is -2.70. The summed E-state index contributed by atoms with van der Waals surface area (Å²) >= 11 is 0. The van der Waals surface area contributed by atoms with Gasteiger partial charge < -0.3 is 49.3 Å². The van der Waals surface area contributed by atoms with Gasteiger partial charge in [0.25, 0.3) is 0 Å². The highest BCUT2D eigenvalue weighted by molar-refractivity contribution is 6.03. The van der Waals surface area contributed by atoms with Crippen molar-refractivity contribution in [3.63, 3.8) is 0 Å². The van der Waals surface area contributed by atoms with Gasteiger partial charge in [0.2, 0.25) is 11.7 Å². The lowest BCUT2D eigenvalue weighted by molar-refractivity contribution is -0.258. The average Bonchev–Trinajstić information content (AvgIpc) is 4.21. The Bertz CT molecular complexity index is 1900. The number of aliphatic hydroxyl groups is 3. The topological polar surface area (TPSA) is 169 Å². The minimum Gasteiger partial charge on any atom is -0.459 e. The lowest BCUT2D eigenvalue weighted by Gasteiger charge is -2.60. The zero-order chi connectivity index (χ0) is 48.0. The van der Waals surface area contributed by atoms with Crippen molar-refractivity contribution >= 4 is 17.7 Å². The summed E-state index contributed by atoms with van der Waals surface area (Å²) in [4.78, 5) is 36.1. The third-order valence-electron chi connectivity index (χ3n) is 14.2. The summed E-state index contributed by atoms with van der Waals surface area (Å²) in [6.45, 7) is 7.83. The Morgan fingerprint density at radius 2 is 1.60 bits per heavy atom. The molecule has 2 amide bonds. The number of hydrogen-bond donors (Lipinski definition) is 4. The Morgan fingerprint density at radius 1 is 0.882 bits per heavy atom. The molecular weight excluding hydrogens is 863 g/mol. The first-order valence-corrected chi connectivity index (χ1v) is 26.1. The summed E-state index contributed by atoms with van der Waals surface area (Å²) in [5, 5.41) is 37.5. The Kier molecular flexibility index (Phi) is 22.2. The molecule has 0 saturated heterocycles. The molecule has 13 heteroatoms. The fourth-order valence-electron chi connectivity index (χ4n) is 10.7. The molecule has 2 fully saturated rings. The van der Waals surface area contributed by atoms with Crippen LogP contribution in [0.5, 0.6) is 11.5 Å². The van der Waals surface area contributed by atoms with E-state index in [2.05, 4.69) is 24.9 Å². The van der Waals surface area contributed by atoms with Crippen LogP contribution in [0.1, 0.15) is 146 Å². The summed E-state index contributed by atoms with van der Waals surface area (Å²) in [6.07, 6.45) is 21.9. The number of amides is 2. The zero-order valence-electron chi connectivity index (χ0n) is 40.8. The molecule has 376 valence electrons. The van der Waals surface area contributed by atoms with Crippen molar-refractivity contribution in [1.29, 1.82) is 0 Å². The van der Waals surface area contributed by atoms with Crippen LogP contribution in [0.15, 0.2) is 78.0 Å². The van der Waals surface area contributed by atoms with Gasteiger partial charge in [0.15, 0.2) is 0 Å². The van der Waals surface area contributed by atoms with Crippen LogP contribution in [0, 0.1) is 23.7 Å². The van der Waals surface area contributed by atoms with Gasteiger partial charge >= 0.3 is 6.09 Å². The summed E-state index contributed by atoms with van der Waals surface area (Å²) in [5.74, 6) is -1.30. The second-order valence-electron chi connectivity index (χ2n) is 19.2. The minimum atomic E-state index is -1.42. The van der Waals surface area contributed by atoms with E-state index in [-0.39, 0.29) is 88.8 Å². The maximum Gasteiger partial charge on any atom is 0.412 e. The molecular formula is C55H81N3O10. The number of benzene rings is 2. The third kappa shape index (κ3) is 14.6. The highest BCUT2D eigenvalue weighted by Crippen LogP contribution is 2.62. The Balaban J connectivity index is 1.38. The molecule has 4 N–H and O–H groups in total. The molecule has 0 bridgehead atoms. The molecule has 2 aromatic carbocycles. The number of fused-ring (bicyclic) bond motifs is 2. The molecule has 6 atom stereocenters. The minimum absolute atomic E-state index is 0.00291. The fourth-order valence-corrected chi connectivity index (χ4v) is 10.7. The molecule has 1 aliphatic heterocycles. The number of nitrogens with one attached hydrogen (secondary N) is 1. The molecule has 0 unspecified atom stereocenters. The van der Waals surface area contributed by atoms with Crippen molar-refractivity contribution < 1.29 is 48.7 Å². The highest BCUT2D eigenvalue weighted by atomic mass is 16.7. The van der Waals surface area contributed by atoms with Crippen molar-refractivity contribution in [2.45, 2.75) is 153 Å². The van der Waals surface area contributed by atoms with E-state index >= 15 is 0 Å². The van der Waals surface area contributed by atoms with E-state index in [1.165, 1.54) is 44.9 Å². The largest absolute Gasteiger partial charge is 0.459 e. The summed E-state index contributed by atoms with van der Waals surface area (Å²) in [7, 11) is 0. The van der Waals surface area contributed by atoms with Gasteiger partial charge in [-0.1, -0.05) is 125 Å². The van der Waals surface area contributed by atoms with E-state index < -0.39 is 23.8 Å². The van der Waals surface area contributed by atoms with E-state index in [0.717, 1.165) is 74.5 Å². The molecule has 0 spiro atoms. The Morgan fingerprint density at radius 3 is 2.29 bits per heavy atom. The van der Waals surface area contributed by atoms with Gasteiger partial charge in [-0.15, -0.1) is 6.58 Å². The van der Waals surface area contributed by atoms with E-state index in [1.54, 1.807) is 12.1 Å². The number of aliphatic hydroxyl groups excluding tert-OH is 3. The molecule has 0 aromatic heterocycles. The van der Waals surface area contributed by atoms with Crippen molar-refractivity contribution in [2.75, 3.05) is 52.7 Å². The first-order chi connectivity index (χ1) is 33.4.